The highest BCUT2D eigenvalue weighted by molar-refractivity contribution is 7.95. The molecule has 0 amide bonds. The van der Waals surface area contributed by atoms with Gasteiger partial charge in [-0.2, -0.15) is 0 Å². The molecule has 1 unspecified atom stereocenters. The first-order chi connectivity index (χ1) is 7.72. The summed E-state index contributed by atoms with van der Waals surface area (Å²) < 4.78 is 21.0. The van der Waals surface area contributed by atoms with E-state index >= 15 is 0 Å². The zero-order valence-corrected chi connectivity index (χ0v) is 12.0. The Morgan fingerprint density at radius 1 is 1.29 bits per heavy atom. The van der Waals surface area contributed by atoms with Crippen LogP contribution in [0, 0.1) is 0 Å². The number of aliphatic hydroxyl groups is 1. The summed E-state index contributed by atoms with van der Waals surface area (Å²) >= 11 is 17.2. The van der Waals surface area contributed by atoms with Gasteiger partial charge in [-0.25, -0.2) is 8.42 Å². The molecular weight excluding hydrogens is 307 g/mol. The van der Waals surface area contributed by atoms with Crippen LogP contribution in [0.15, 0.2) is 24.3 Å². The number of hydrogen-bond donors (Lipinski definition) is 1. The molecule has 1 aromatic carbocycles. The van der Waals surface area contributed by atoms with E-state index in [1.54, 1.807) is 0 Å². The fraction of sp³-hybridized carbons (Fsp3) is 0.400. The zero-order valence-electron chi connectivity index (χ0n) is 8.90. The number of benzene rings is 1. The molecule has 0 heterocycles. The van der Waals surface area contributed by atoms with E-state index in [-0.39, 0.29) is 11.3 Å². The topological polar surface area (TPSA) is 54.4 Å². The van der Waals surface area contributed by atoms with E-state index in [0.717, 1.165) is 0 Å². The molecule has 0 radical (unpaired) electrons. The van der Waals surface area contributed by atoms with Crippen LogP contribution in [0.4, 0.5) is 0 Å². The summed E-state index contributed by atoms with van der Waals surface area (Å²) in [5.41, 5.74) is 0.288. The first kappa shape index (κ1) is 15.1. The first-order valence-corrected chi connectivity index (χ1v) is 7.54. The highest BCUT2D eigenvalue weighted by Crippen LogP contribution is 2.41. The second-order valence-electron chi connectivity index (χ2n) is 3.42. The Labute approximate surface area is 115 Å². The molecule has 0 aliphatic heterocycles. The molecule has 0 fully saturated rings. The van der Waals surface area contributed by atoms with Crippen LogP contribution in [0.5, 0.6) is 0 Å². The van der Waals surface area contributed by atoms with Crippen LogP contribution in [-0.4, -0.2) is 22.9 Å². The van der Waals surface area contributed by atoms with Gasteiger partial charge in [0, 0.05) is 5.02 Å². The molecule has 0 aliphatic carbocycles. The van der Waals surface area contributed by atoms with Gasteiger partial charge in [0.05, 0.1) is 5.75 Å². The number of sulfone groups is 1. The Hall–Kier alpha value is -0.000000000000000111. The predicted molar refractivity (Wildman–Crippen MR) is 70.3 cm³/mol. The van der Waals surface area contributed by atoms with Crippen molar-refractivity contribution in [3.8, 4) is 0 Å². The van der Waals surface area contributed by atoms with Crippen molar-refractivity contribution in [3.63, 3.8) is 0 Å². The molecule has 0 bridgehead atoms. The van der Waals surface area contributed by atoms with E-state index in [2.05, 4.69) is 0 Å². The maximum Gasteiger partial charge on any atom is 0.247 e. The Morgan fingerprint density at radius 2 is 1.76 bits per heavy atom. The summed E-state index contributed by atoms with van der Waals surface area (Å²) in [6.07, 6.45) is -1.53. The summed E-state index contributed by atoms with van der Waals surface area (Å²) in [7, 11) is -3.81. The lowest BCUT2D eigenvalue weighted by molar-refractivity contribution is 0.181. The third kappa shape index (κ3) is 3.06. The van der Waals surface area contributed by atoms with Crippen LogP contribution >= 0.6 is 34.8 Å². The fourth-order valence-electron chi connectivity index (χ4n) is 1.20. The highest BCUT2D eigenvalue weighted by Gasteiger charge is 2.46. The molecule has 0 aromatic heterocycles. The van der Waals surface area contributed by atoms with E-state index in [4.69, 9.17) is 34.8 Å². The van der Waals surface area contributed by atoms with E-state index in [9.17, 15) is 13.5 Å². The summed E-state index contributed by atoms with van der Waals surface area (Å²) in [5.74, 6) is -0.259. The van der Waals surface area contributed by atoms with Gasteiger partial charge in [-0.05, 0) is 17.7 Å². The largest absolute Gasteiger partial charge is 0.384 e. The Kier molecular flexibility index (Phi) is 4.72. The summed E-state index contributed by atoms with van der Waals surface area (Å²) in [4.78, 5) is 0. The highest BCUT2D eigenvalue weighted by atomic mass is 35.5. The smallest absolute Gasteiger partial charge is 0.247 e. The Morgan fingerprint density at radius 3 is 2.18 bits per heavy atom. The number of alkyl halides is 2. The summed E-state index contributed by atoms with van der Waals surface area (Å²) in [6.45, 7) is 1.41. The van der Waals surface area contributed by atoms with E-state index in [0.29, 0.717) is 5.02 Å². The molecule has 96 valence electrons. The van der Waals surface area contributed by atoms with Crippen LogP contribution in [0.3, 0.4) is 0 Å². The molecule has 0 saturated heterocycles. The maximum absolute atomic E-state index is 11.7. The molecule has 17 heavy (non-hydrogen) atoms. The second kappa shape index (κ2) is 5.33. The van der Waals surface area contributed by atoms with Crippen LogP contribution < -0.4 is 0 Å². The maximum atomic E-state index is 11.7. The summed E-state index contributed by atoms with van der Waals surface area (Å²) in [6, 6.07) is 5.97. The predicted octanol–water partition coefficient (Wildman–Crippen LogP) is 2.94. The Balaban J connectivity index is 3.12. The van der Waals surface area contributed by atoms with Gasteiger partial charge in [-0.15, -0.1) is 0 Å². The minimum atomic E-state index is -3.81. The quantitative estimate of drug-likeness (QED) is 0.869. The molecule has 0 saturated carbocycles. The molecule has 7 heteroatoms. The normalized spacial score (nSPS) is 14.6. The molecule has 1 N–H and O–H groups in total. The molecular formula is C10H11Cl3O3S. The number of halogens is 3. The van der Waals surface area contributed by atoms with Gasteiger partial charge in [-0.1, -0.05) is 53.9 Å². The standard InChI is InChI=1S/C10H11Cl3O3S/c1-2-17(15,16)10(12,13)9(14)7-3-5-8(11)6-4-7/h3-6,9,14H,2H2,1H3. The van der Waals surface area contributed by atoms with E-state index in [1.165, 1.54) is 31.2 Å². The van der Waals surface area contributed by atoms with Crippen LogP contribution in [-0.2, 0) is 9.84 Å². The van der Waals surface area contributed by atoms with Crippen LogP contribution in [0.2, 0.25) is 5.02 Å². The van der Waals surface area contributed by atoms with Crippen molar-refractivity contribution >= 4 is 44.6 Å². The minimum absolute atomic E-state index is 0.259. The lowest BCUT2D eigenvalue weighted by atomic mass is 10.1. The molecule has 1 atom stereocenters. The number of rotatable bonds is 4. The van der Waals surface area contributed by atoms with Crippen molar-refractivity contribution in [2.45, 2.75) is 16.7 Å². The Bertz CT molecular complexity index is 482. The summed E-state index contributed by atoms with van der Waals surface area (Å²) in [5, 5.41) is 10.4. The van der Waals surface area contributed by atoms with E-state index < -0.39 is 19.6 Å². The van der Waals surface area contributed by atoms with Gasteiger partial charge in [0.25, 0.3) is 0 Å². The monoisotopic (exact) mass is 316 g/mol. The van der Waals surface area contributed by atoms with Gasteiger partial charge < -0.3 is 5.11 Å². The van der Waals surface area contributed by atoms with Crippen molar-refractivity contribution < 1.29 is 13.5 Å². The molecule has 1 aromatic rings. The van der Waals surface area contributed by atoms with Crippen molar-refractivity contribution in [1.82, 2.24) is 0 Å². The first-order valence-electron chi connectivity index (χ1n) is 4.76. The lowest BCUT2D eigenvalue weighted by Crippen LogP contribution is -2.34. The van der Waals surface area contributed by atoms with Crippen molar-refractivity contribution in [2.75, 3.05) is 5.75 Å². The number of hydrogen-bond acceptors (Lipinski definition) is 3. The van der Waals surface area contributed by atoms with Crippen molar-refractivity contribution in [2.24, 2.45) is 0 Å². The third-order valence-corrected chi connectivity index (χ3v) is 6.19. The average molecular weight is 318 g/mol. The SMILES string of the molecule is CCS(=O)(=O)C(Cl)(Cl)C(O)c1ccc(Cl)cc1. The van der Waals surface area contributed by atoms with Crippen molar-refractivity contribution in [3.05, 3.63) is 34.9 Å². The van der Waals surface area contributed by atoms with Gasteiger partial charge in [0.1, 0.15) is 6.10 Å². The molecule has 0 aliphatic rings. The molecule has 3 nitrogen and oxygen atoms in total. The van der Waals surface area contributed by atoms with Crippen LogP contribution in [0.1, 0.15) is 18.6 Å². The van der Waals surface area contributed by atoms with Crippen molar-refractivity contribution in [1.29, 1.82) is 0 Å². The molecule has 0 spiro atoms. The fourth-order valence-corrected chi connectivity index (χ4v) is 3.10. The van der Waals surface area contributed by atoms with Gasteiger partial charge in [-0.3, -0.25) is 0 Å². The second-order valence-corrected chi connectivity index (χ2v) is 8.14. The lowest BCUT2D eigenvalue weighted by Gasteiger charge is -2.25. The van der Waals surface area contributed by atoms with Gasteiger partial charge in [0.15, 0.2) is 9.84 Å². The average Bonchev–Trinajstić information content (AvgIpc) is 2.28. The number of aliphatic hydroxyl groups excluding tert-OH is 1. The van der Waals surface area contributed by atoms with Gasteiger partial charge in [0.2, 0.25) is 3.67 Å². The third-order valence-electron chi connectivity index (χ3n) is 2.30. The van der Waals surface area contributed by atoms with E-state index in [1.807, 2.05) is 0 Å². The molecule has 1 rings (SSSR count). The minimum Gasteiger partial charge on any atom is -0.384 e. The van der Waals surface area contributed by atoms with Gasteiger partial charge >= 0.3 is 0 Å². The zero-order chi connectivity index (χ0) is 13.3. The van der Waals surface area contributed by atoms with Crippen LogP contribution in [0.25, 0.3) is 0 Å².